The van der Waals surface area contributed by atoms with Crippen LogP contribution in [0.4, 0.5) is 5.69 Å². The minimum Gasteiger partial charge on any atom is -0.396 e. The number of fused-ring (bicyclic) bond motifs is 1. The predicted octanol–water partition coefficient (Wildman–Crippen LogP) is 1.21. The van der Waals surface area contributed by atoms with Gasteiger partial charge < -0.3 is 20.2 Å². The van der Waals surface area contributed by atoms with Crippen molar-refractivity contribution in [2.75, 3.05) is 42.8 Å². The maximum atomic E-state index is 12.8. The van der Waals surface area contributed by atoms with Crippen molar-refractivity contribution in [3.8, 4) is 6.07 Å². The molecule has 0 radical (unpaired) electrons. The van der Waals surface area contributed by atoms with Crippen molar-refractivity contribution in [1.82, 2.24) is 15.2 Å². The number of pyridine rings is 1. The van der Waals surface area contributed by atoms with Crippen LogP contribution in [0.15, 0.2) is 30.5 Å². The maximum Gasteiger partial charge on any atom is 0.252 e. The molecule has 30 heavy (non-hydrogen) atoms. The lowest BCUT2D eigenvalue weighted by Crippen LogP contribution is -2.42. The summed E-state index contributed by atoms with van der Waals surface area (Å²) in [5.74, 6) is 0.735. The average Bonchev–Trinajstić information content (AvgIpc) is 3.45. The van der Waals surface area contributed by atoms with Crippen LogP contribution in [0.1, 0.15) is 16.8 Å². The zero-order chi connectivity index (χ0) is 21.1. The van der Waals surface area contributed by atoms with Gasteiger partial charge in [-0.3, -0.25) is 14.6 Å². The number of thioether (sulfide) groups is 1. The number of carbonyl (C=O) groups excluding carboxylic acids is 2. The summed E-state index contributed by atoms with van der Waals surface area (Å²) < 4.78 is 0. The number of anilines is 1. The highest BCUT2D eigenvalue weighted by Crippen LogP contribution is 2.28. The lowest BCUT2D eigenvalue weighted by Gasteiger charge is -2.20. The van der Waals surface area contributed by atoms with Gasteiger partial charge in [-0.05, 0) is 30.7 Å². The molecule has 3 heterocycles. The van der Waals surface area contributed by atoms with Gasteiger partial charge in [-0.15, -0.1) is 11.8 Å². The van der Waals surface area contributed by atoms with Crippen LogP contribution in [0.3, 0.4) is 0 Å². The van der Waals surface area contributed by atoms with Gasteiger partial charge in [-0.1, -0.05) is 0 Å². The Hall–Kier alpha value is -2.83. The summed E-state index contributed by atoms with van der Waals surface area (Å²) >= 11 is 1.53. The largest absolute Gasteiger partial charge is 0.396 e. The zero-order valence-electron chi connectivity index (χ0n) is 16.5. The Morgan fingerprint density at radius 1 is 1.37 bits per heavy atom. The fraction of sp³-hybridized carbons (Fsp3) is 0.429. The van der Waals surface area contributed by atoms with E-state index >= 15 is 0 Å². The van der Waals surface area contributed by atoms with Gasteiger partial charge in [0.15, 0.2) is 0 Å². The van der Waals surface area contributed by atoms with E-state index in [2.05, 4.69) is 21.3 Å². The van der Waals surface area contributed by atoms with E-state index in [1.54, 1.807) is 12.3 Å². The molecule has 0 bridgehead atoms. The molecule has 2 aliphatic rings. The molecule has 0 unspecified atom stereocenters. The van der Waals surface area contributed by atoms with Crippen molar-refractivity contribution in [3.05, 3.63) is 36.0 Å². The van der Waals surface area contributed by atoms with Gasteiger partial charge in [-0.25, -0.2) is 0 Å². The molecule has 1 aromatic heterocycles. The normalized spacial score (nSPS) is 21.1. The number of benzene rings is 1. The highest BCUT2D eigenvalue weighted by molar-refractivity contribution is 7.99. The summed E-state index contributed by atoms with van der Waals surface area (Å²) in [6.45, 7) is 1.67. The fourth-order valence-corrected chi connectivity index (χ4v) is 5.00. The van der Waals surface area contributed by atoms with Crippen LogP contribution in [-0.2, 0) is 4.79 Å². The second kappa shape index (κ2) is 8.90. The van der Waals surface area contributed by atoms with Crippen LogP contribution in [0, 0.1) is 17.2 Å². The first-order valence-corrected chi connectivity index (χ1v) is 11.1. The number of aromatic nitrogens is 1. The van der Waals surface area contributed by atoms with Crippen molar-refractivity contribution in [2.24, 2.45) is 5.92 Å². The number of hydrogen-bond donors (Lipinski definition) is 2. The molecule has 2 atom stereocenters. The summed E-state index contributed by atoms with van der Waals surface area (Å²) in [4.78, 5) is 33.3. The first-order valence-electron chi connectivity index (χ1n) is 9.90. The van der Waals surface area contributed by atoms with Gasteiger partial charge in [-0.2, -0.15) is 5.26 Å². The highest BCUT2D eigenvalue weighted by atomic mass is 32.2. The third kappa shape index (κ3) is 4.06. The number of nitrogens with zero attached hydrogens (tertiary/aromatic N) is 4. The van der Waals surface area contributed by atoms with E-state index in [-0.39, 0.29) is 30.9 Å². The Morgan fingerprint density at radius 2 is 2.23 bits per heavy atom. The van der Waals surface area contributed by atoms with E-state index in [0.29, 0.717) is 22.7 Å². The molecule has 0 aliphatic carbocycles. The number of nitriles is 1. The third-order valence-electron chi connectivity index (χ3n) is 5.63. The number of hydrogen-bond acceptors (Lipinski definition) is 7. The lowest BCUT2D eigenvalue weighted by atomic mass is 10.1. The van der Waals surface area contributed by atoms with Gasteiger partial charge in [0, 0.05) is 48.6 Å². The quantitative estimate of drug-likeness (QED) is 0.741. The van der Waals surface area contributed by atoms with E-state index < -0.39 is 6.04 Å². The molecule has 2 N–H and O–H groups in total. The Kier molecular flexibility index (Phi) is 6.06. The summed E-state index contributed by atoms with van der Waals surface area (Å²) in [5, 5.41) is 21.9. The standard InChI is InChI=1S/C21H23N5O3S/c22-8-16-12-30-13-26(16)20(28)9-24-21(29)17-3-5-23-19-2-1-15(7-18(17)19)25-6-4-14(10-25)11-27/h1-3,5,7,14,16,27H,4,6,9-13H2,(H,24,29)/t14-,16-/m1/s1. The van der Waals surface area contributed by atoms with Crippen molar-refractivity contribution in [3.63, 3.8) is 0 Å². The van der Waals surface area contributed by atoms with E-state index in [1.807, 2.05) is 18.2 Å². The molecular formula is C21H23N5O3S. The molecule has 4 rings (SSSR count). The molecule has 2 aliphatic heterocycles. The van der Waals surface area contributed by atoms with Crippen LogP contribution >= 0.6 is 11.8 Å². The summed E-state index contributed by atoms with van der Waals surface area (Å²) in [7, 11) is 0. The minimum atomic E-state index is -0.438. The van der Waals surface area contributed by atoms with Crippen molar-refractivity contribution in [2.45, 2.75) is 12.5 Å². The third-order valence-corrected chi connectivity index (χ3v) is 6.64. The van der Waals surface area contributed by atoms with E-state index in [1.165, 1.54) is 16.7 Å². The Balaban J connectivity index is 1.50. The number of rotatable bonds is 5. The number of amides is 2. The molecular weight excluding hydrogens is 402 g/mol. The lowest BCUT2D eigenvalue weighted by molar-refractivity contribution is -0.129. The van der Waals surface area contributed by atoms with Crippen LogP contribution in [-0.4, -0.2) is 70.7 Å². The maximum absolute atomic E-state index is 12.8. The van der Waals surface area contributed by atoms with Crippen molar-refractivity contribution >= 4 is 40.2 Å². The zero-order valence-corrected chi connectivity index (χ0v) is 17.3. The molecule has 2 fully saturated rings. The van der Waals surface area contributed by atoms with Crippen molar-refractivity contribution < 1.29 is 14.7 Å². The van der Waals surface area contributed by atoms with Crippen LogP contribution in [0.25, 0.3) is 10.9 Å². The predicted molar refractivity (Wildman–Crippen MR) is 115 cm³/mol. The van der Waals surface area contributed by atoms with Gasteiger partial charge in [0.25, 0.3) is 5.91 Å². The van der Waals surface area contributed by atoms with E-state index in [0.717, 1.165) is 30.6 Å². The Labute approximate surface area is 178 Å². The summed E-state index contributed by atoms with van der Waals surface area (Å²) in [5.41, 5.74) is 2.15. The second-order valence-electron chi connectivity index (χ2n) is 7.53. The van der Waals surface area contributed by atoms with Crippen LogP contribution < -0.4 is 10.2 Å². The highest BCUT2D eigenvalue weighted by Gasteiger charge is 2.29. The topological polar surface area (TPSA) is 110 Å². The number of nitrogens with one attached hydrogen (secondary N) is 1. The molecule has 8 nitrogen and oxygen atoms in total. The van der Waals surface area contributed by atoms with Gasteiger partial charge in [0.05, 0.1) is 29.6 Å². The molecule has 9 heteroatoms. The monoisotopic (exact) mass is 425 g/mol. The molecule has 2 amide bonds. The smallest absolute Gasteiger partial charge is 0.252 e. The van der Waals surface area contributed by atoms with E-state index in [9.17, 15) is 14.7 Å². The molecule has 156 valence electrons. The molecule has 1 aromatic carbocycles. The molecule has 0 saturated carbocycles. The number of carbonyl (C=O) groups is 2. The average molecular weight is 426 g/mol. The number of aliphatic hydroxyl groups excluding tert-OH is 1. The first kappa shape index (κ1) is 20.4. The summed E-state index contributed by atoms with van der Waals surface area (Å²) in [6, 6.07) is 9.14. The Bertz CT molecular complexity index is 1010. The molecule has 0 spiro atoms. The van der Waals surface area contributed by atoms with Crippen LogP contribution in [0.2, 0.25) is 0 Å². The molecule has 2 saturated heterocycles. The Morgan fingerprint density at radius 3 is 3.00 bits per heavy atom. The minimum absolute atomic E-state index is 0.147. The van der Waals surface area contributed by atoms with E-state index in [4.69, 9.17) is 5.26 Å². The molecule has 2 aromatic rings. The van der Waals surface area contributed by atoms with Crippen LogP contribution in [0.5, 0.6) is 0 Å². The summed E-state index contributed by atoms with van der Waals surface area (Å²) in [6.07, 6.45) is 2.52. The second-order valence-corrected chi connectivity index (χ2v) is 8.53. The van der Waals surface area contributed by atoms with Gasteiger partial charge >= 0.3 is 0 Å². The fourth-order valence-electron chi connectivity index (χ4n) is 3.89. The van der Waals surface area contributed by atoms with Crippen molar-refractivity contribution in [1.29, 1.82) is 5.26 Å². The number of aliphatic hydroxyl groups is 1. The van der Waals surface area contributed by atoms with Gasteiger partial charge in [0.1, 0.15) is 6.04 Å². The van der Waals surface area contributed by atoms with Gasteiger partial charge in [0.2, 0.25) is 5.91 Å². The first-order chi connectivity index (χ1) is 14.6. The SMILES string of the molecule is N#C[C@@H]1CSCN1C(=O)CNC(=O)c1ccnc2ccc(N3CC[C@@H](CO)C3)cc12.